The third-order valence-corrected chi connectivity index (χ3v) is 5.69. The lowest BCUT2D eigenvalue weighted by atomic mass is 10.1. The van der Waals surface area contributed by atoms with Crippen molar-refractivity contribution in [3.8, 4) is 0 Å². The first-order chi connectivity index (χ1) is 7.14. The van der Waals surface area contributed by atoms with E-state index in [0.29, 0.717) is 17.5 Å². The molecule has 3 aliphatic rings. The van der Waals surface area contributed by atoms with Crippen LogP contribution in [0.1, 0.15) is 32.1 Å². The van der Waals surface area contributed by atoms with Crippen molar-refractivity contribution in [1.29, 1.82) is 0 Å². The van der Waals surface area contributed by atoms with Gasteiger partial charge in [0.2, 0.25) is 0 Å². The van der Waals surface area contributed by atoms with Gasteiger partial charge in [0.25, 0.3) is 0 Å². The van der Waals surface area contributed by atoms with Gasteiger partial charge in [-0.05, 0) is 43.9 Å². The molecule has 1 aliphatic heterocycles. The van der Waals surface area contributed by atoms with Crippen LogP contribution >= 0.6 is 0 Å². The Morgan fingerprint density at radius 3 is 2.00 bits per heavy atom. The summed E-state index contributed by atoms with van der Waals surface area (Å²) in [4.78, 5) is 0. The van der Waals surface area contributed by atoms with Crippen molar-refractivity contribution in [2.45, 2.75) is 44.2 Å². The van der Waals surface area contributed by atoms with Crippen LogP contribution in [0.25, 0.3) is 0 Å². The summed E-state index contributed by atoms with van der Waals surface area (Å²) in [6.45, 7) is 0. The first kappa shape index (κ1) is 10.1. The molecule has 15 heavy (non-hydrogen) atoms. The molecule has 0 aromatic rings. The van der Waals surface area contributed by atoms with E-state index in [-0.39, 0.29) is 6.04 Å². The third-order valence-electron chi connectivity index (χ3n) is 3.92. The van der Waals surface area contributed by atoms with E-state index in [9.17, 15) is 8.42 Å². The van der Waals surface area contributed by atoms with E-state index in [0.717, 1.165) is 18.3 Å². The summed E-state index contributed by atoms with van der Waals surface area (Å²) in [6.07, 6.45) is 6.25. The lowest BCUT2D eigenvalue weighted by Gasteiger charge is -2.21. The van der Waals surface area contributed by atoms with Crippen molar-refractivity contribution >= 4 is 9.84 Å². The summed E-state index contributed by atoms with van der Waals surface area (Å²) in [5.74, 6) is 2.50. The summed E-state index contributed by atoms with van der Waals surface area (Å²) >= 11 is 0. The molecule has 1 heterocycles. The molecule has 0 aromatic heterocycles. The molecular weight excluding hydrogens is 210 g/mol. The minimum absolute atomic E-state index is 0.251. The van der Waals surface area contributed by atoms with E-state index in [1.807, 2.05) is 0 Å². The second-order valence-electron chi connectivity index (χ2n) is 5.47. The average molecular weight is 229 g/mol. The maximum atomic E-state index is 11.4. The Labute approximate surface area is 91.5 Å². The zero-order valence-electron chi connectivity index (χ0n) is 8.98. The molecule has 0 aromatic carbocycles. The first-order valence-electron chi connectivity index (χ1n) is 6.10. The lowest BCUT2D eigenvalue weighted by Crippen LogP contribution is -2.41. The van der Waals surface area contributed by atoms with Gasteiger partial charge in [0.05, 0.1) is 11.5 Å². The molecular formula is C11H19NO2S. The number of hydrogen-bond donors (Lipinski definition) is 1. The summed E-state index contributed by atoms with van der Waals surface area (Å²) in [5, 5.41) is 3.62. The molecule has 4 heteroatoms. The van der Waals surface area contributed by atoms with Gasteiger partial charge in [-0.3, -0.25) is 0 Å². The topological polar surface area (TPSA) is 46.2 Å². The second kappa shape index (κ2) is 3.45. The molecule has 3 nitrogen and oxygen atoms in total. The van der Waals surface area contributed by atoms with Crippen molar-refractivity contribution in [3.05, 3.63) is 0 Å². The fourth-order valence-electron chi connectivity index (χ4n) is 2.77. The third kappa shape index (κ3) is 2.36. The monoisotopic (exact) mass is 229 g/mol. The van der Waals surface area contributed by atoms with Crippen molar-refractivity contribution in [2.24, 2.45) is 11.8 Å². The summed E-state index contributed by atoms with van der Waals surface area (Å²) < 4.78 is 22.7. The van der Waals surface area contributed by atoms with Crippen molar-refractivity contribution in [1.82, 2.24) is 5.32 Å². The molecule has 3 fully saturated rings. The molecule has 0 spiro atoms. The lowest BCUT2D eigenvalue weighted by molar-refractivity contribution is 0.375. The van der Waals surface area contributed by atoms with Gasteiger partial charge in [0.1, 0.15) is 0 Å². The van der Waals surface area contributed by atoms with Gasteiger partial charge in [0.15, 0.2) is 9.84 Å². The Hall–Kier alpha value is -0.0900. The van der Waals surface area contributed by atoms with E-state index in [2.05, 4.69) is 5.32 Å². The highest BCUT2D eigenvalue weighted by atomic mass is 32.2. The van der Waals surface area contributed by atoms with Gasteiger partial charge in [-0.15, -0.1) is 0 Å². The van der Waals surface area contributed by atoms with Gasteiger partial charge >= 0.3 is 0 Å². The van der Waals surface area contributed by atoms with Gasteiger partial charge in [-0.1, -0.05) is 0 Å². The molecule has 3 rings (SSSR count). The summed E-state index contributed by atoms with van der Waals surface area (Å²) in [7, 11) is -2.71. The summed E-state index contributed by atoms with van der Waals surface area (Å²) in [5.41, 5.74) is 0. The second-order valence-corrected chi connectivity index (χ2v) is 7.70. The van der Waals surface area contributed by atoms with Gasteiger partial charge in [0, 0.05) is 12.1 Å². The van der Waals surface area contributed by atoms with Crippen LogP contribution in [0.4, 0.5) is 0 Å². The average Bonchev–Trinajstić information content (AvgIpc) is 3.02. The van der Waals surface area contributed by atoms with Crippen LogP contribution in [-0.4, -0.2) is 32.0 Å². The van der Waals surface area contributed by atoms with Crippen molar-refractivity contribution in [2.75, 3.05) is 11.5 Å². The SMILES string of the molecule is O=S1(=O)CC[C@H](NC(C2CC2)C2CC2)C1. The maximum Gasteiger partial charge on any atom is 0.151 e. The standard InChI is InChI=1S/C11H19NO2S/c13-15(14)6-5-10(7-15)12-11(8-1-2-8)9-3-4-9/h8-12H,1-7H2/t10-/m0/s1. The molecule has 1 atom stereocenters. The number of rotatable bonds is 4. The van der Waals surface area contributed by atoms with Crippen LogP contribution in [0.5, 0.6) is 0 Å². The fourth-order valence-corrected chi connectivity index (χ4v) is 4.45. The van der Waals surface area contributed by atoms with Crippen LogP contribution in [-0.2, 0) is 9.84 Å². The van der Waals surface area contributed by atoms with E-state index >= 15 is 0 Å². The van der Waals surface area contributed by atoms with E-state index in [1.54, 1.807) is 0 Å². The normalized spacial score (nSPS) is 34.9. The molecule has 2 saturated carbocycles. The molecule has 0 amide bonds. The van der Waals surface area contributed by atoms with E-state index in [1.165, 1.54) is 25.7 Å². The minimum Gasteiger partial charge on any atom is -0.310 e. The zero-order valence-corrected chi connectivity index (χ0v) is 9.80. The highest BCUT2D eigenvalue weighted by Gasteiger charge is 2.43. The van der Waals surface area contributed by atoms with Crippen LogP contribution in [0, 0.1) is 11.8 Å². The van der Waals surface area contributed by atoms with Crippen LogP contribution in [0.15, 0.2) is 0 Å². The van der Waals surface area contributed by atoms with Crippen LogP contribution < -0.4 is 5.32 Å². The van der Waals surface area contributed by atoms with Crippen molar-refractivity contribution < 1.29 is 8.42 Å². The Bertz CT molecular complexity index is 332. The van der Waals surface area contributed by atoms with E-state index < -0.39 is 9.84 Å². The Morgan fingerprint density at radius 1 is 1.00 bits per heavy atom. The molecule has 2 aliphatic carbocycles. The Kier molecular flexibility index (Phi) is 2.32. The van der Waals surface area contributed by atoms with Gasteiger partial charge < -0.3 is 5.32 Å². The highest BCUT2D eigenvalue weighted by Crippen LogP contribution is 2.44. The predicted octanol–water partition coefficient (Wildman–Crippen LogP) is 0.952. The van der Waals surface area contributed by atoms with Crippen molar-refractivity contribution in [3.63, 3.8) is 0 Å². The molecule has 0 unspecified atom stereocenters. The fraction of sp³-hybridized carbons (Fsp3) is 1.00. The van der Waals surface area contributed by atoms with Gasteiger partial charge in [-0.2, -0.15) is 0 Å². The molecule has 86 valence electrons. The smallest absolute Gasteiger partial charge is 0.151 e. The Morgan fingerprint density at radius 2 is 1.60 bits per heavy atom. The van der Waals surface area contributed by atoms with Crippen LogP contribution in [0.3, 0.4) is 0 Å². The predicted molar refractivity (Wildman–Crippen MR) is 59.4 cm³/mol. The number of sulfone groups is 1. The number of hydrogen-bond acceptors (Lipinski definition) is 3. The first-order valence-corrected chi connectivity index (χ1v) is 7.93. The zero-order chi connectivity index (χ0) is 10.5. The maximum absolute atomic E-state index is 11.4. The molecule has 1 saturated heterocycles. The quantitative estimate of drug-likeness (QED) is 0.781. The molecule has 1 N–H and O–H groups in total. The molecule has 0 radical (unpaired) electrons. The molecule has 0 bridgehead atoms. The van der Waals surface area contributed by atoms with Crippen LogP contribution in [0.2, 0.25) is 0 Å². The summed E-state index contributed by atoms with van der Waals surface area (Å²) in [6, 6.07) is 0.893. The highest BCUT2D eigenvalue weighted by molar-refractivity contribution is 7.91. The number of nitrogens with one attached hydrogen (secondary N) is 1. The largest absolute Gasteiger partial charge is 0.310 e. The Balaban J connectivity index is 1.59. The van der Waals surface area contributed by atoms with Gasteiger partial charge in [-0.25, -0.2) is 8.42 Å². The minimum atomic E-state index is -2.71. The van der Waals surface area contributed by atoms with E-state index in [4.69, 9.17) is 0 Å².